The van der Waals surface area contributed by atoms with E-state index in [0.29, 0.717) is 29.7 Å². The molecular formula is C14H20Cl2N4O. The Morgan fingerprint density at radius 1 is 1.38 bits per heavy atom. The van der Waals surface area contributed by atoms with Gasteiger partial charge >= 0.3 is 0 Å². The van der Waals surface area contributed by atoms with Gasteiger partial charge in [-0.1, -0.05) is 30.1 Å². The third kappa shape index (κ3) is 3.99. The van der Waals surface area contributed by atoms with Crippen molar-refractivity contribution in [3.05, 3.63) is 22.3 Å². The van der Waals surface area contributed by atoms with Crippen LogP contribution in [0.5, 0.6) is 0 Å². The van der Waals surface area contributed by atoms with E-state index in [0.717, 1.165) is 18.9 Å². The van der Waals surface area contributed by atoms with E-state index in [9.17, 15) is 4.79 Å². The van der Waals surface area contributed by atoms with E-state index in [1.54, 1.807) is 12.3 Å². The third-order valence-electron chi connectivity index (χ3n) is 3.61. The molecule has 1 aromatic rings. The highest BCUT2D eigenvalue weighted by molar-refractivity contribution is 6.36. The molecular weight excluding hydrogens is 311 g/mol. The average Bonchev–Trinajstić information content (AvgIpc) is 2.47. The van der Waals surface area contributed by atoms with Crippen LogP contribution in [0.4, 0.5) is 5.82 Å². The number of anilines is 1. The van der Waals surface area contributed by atoms with Gasteiger partial charge in [0.1, 0.15) is 5.82 Å². The highest BCUT2D eigenvalue weighted by Gasteiger charge is 2.25. The van der Waals surface area contributed by atoms with Gasteiger partial charge < -0.3 is 15.1 Å². The molecule has 0 spiro atoms. The van der Waals surface area contributed by atoms with Crippen molar-refractivity contribution in [3.8, 4) is 0 Å². The molecule has 0 unspecified atom stereocenters. The van der Waals surface area contributed by atoms with Crippen molar-refractivity contribution in [1.82, 2.24) is 15.2 Å². The van der Waals surface area contributed by atoms with Gasteiger partial charge in [0.05, 0.1) is 10.0 Å². The Hall–Kier alpha value is -1.04. The van der Waals surface area contributed by atoms with Gasteiger partial charge in [-0.25, -0.2) is 4.98 Å². The fourth-order valence-electron chi connectivity index (χ4n) is 2.48. The smallest absolute Gasteiger partial charge is 0.226 e. The van der Waals surface area contributed by atoms with E-state index in [1.807, 2.05) is 18.9 Å². The van der Waals surface area contributed by atoms with Crippen LogP contribution in [0.25, 0.3) is 0 Å². The molecule has 5 nitrogen and oxygen atoms in total. The molecule has 1 fully saturated rings. The minimum Gasteiger partial charge on any atom is -0.352 e. The maximum absolute atomic E-state index is 12.3. The molecule has 1 aromatic heterocycles. The van der Waals surface area contributed by atoms with Crippen molar-refractivity contribution in [2.45, 2.75) is 6.92 Å². The van der Waals surface area contributed by atoms with E-state index in [2.05, 4.69) is 15.2 Å². The normalized spacial score (nSPS) is 17.0. The Balaban J connectivity index is 1.95. The lowest BCUT2D eigenvalue weighted by atomic mass is 10.1. The second-order valence-electron chi connectivity index (χ2n) is 5.23. The van der Waals surface area contributed by atoms with Gasteiger partial charge in [0.15, 0.2) is 0 Å². The first-order valence-corrected chi connectivity index (χ1v) is 7.78. The number of hydrogen-bond donors (Lipinski definition) is 1. The molecule has 21 heavy (non-hydrogen) atoms. The Labute approximate surface area is 135 Å². The summed E-state index contributed by atoms with van der Waals surface area (Å²) in [5, 5.41) is 4.11. The van der Waals surface area contributed by atoms with Crippen molar-refractivity contribution >= 4 is 34.9 Å². The lowest BCUT2D eigenvalue weighted by molar-refractivity contribution is -0.135. The van der Waals surface area contributed by atoms with Crippen LogP contribution in [0, 0.1) is 5.92 Å². The highest BCUT2D eigenvalue weighted by Crippen LogP contribution is 2.26. The molecule has 116 valence electrons. The maximum atomic E-state index is 12.3. The molecule has 0 aromatic carbocycles. The minimum absolute atomic E-state index is 0.00112. The van der Waals surface area contributed by atoms with Crippen molar-refractivity contribution in [1.29, 1.82) is 0 Å². The van der Waals surface area contributed by atoms with Gasteiger partial charge in [0.2, 0.25) is 5.91 Å². The summed E-state index contributed by atoms with van der Waals surface area (Å²) < 4.78 is 0. The van der Waals surface area contributed by atoms with Crippen LogP contribution in [0.15, 0.2) is 12.3 Å². The van der Waals surface area contributed by atoms with Crippen molar-refractivity contribution < 1.29 is 4.79 Å². The van der Waals surface area contributed by atoms with E-state index in [-0.39, 0.29) is 11.8 Å². The highest BCUT2D eigenvalue weighted by atomic mass is 35.5. The topological polar surface area (TPSA) is 48.5 Å². The zero-order valence-electron chi connectivity index (χ0n) is 12.3. The van der Waals surface area contributed by atoms with Gasteiger partial charge in [-0.15, -0.1) is 0 Å². The van der Waals surface area contributed by atoms with E-state index >= 15 is 0 Å². The Morgan fingerprint density at radius 3 is 2.62 bits per heavy atom. The Morgan fingerprint density at radius 2 is 2.05 bits per heavy atom. The molecule has 2 heterocycles. The molecule has 1 N–H and O–H groups in total. The summed E-state index contributed by atoms with van der Waals surface area (Å²) in [6.07, 6.45) is 1.59. The van der Waals surface area contributed by atoms with Gasteiger partial charge in [0.25, 0.3) is 0 Å². The number of carbonyl (C=O) groups excluding carboxylic acids is 1. The van der Waals surface area contributed by atoms with Crippen LogP contribution in [0.2, 0.25) is 10.0 Å². The zero-order valence-corrected chi connectivity index (χ0v) is 13.8. The Kier molecular flexibility index (Phi) is 5.67. The molecule has 1 aliphatic heterocycles. The number of halogens is 2. The first kappa shape index (κ1) is 16.3. The maximum Gasteiger partial charge on any atom is 0.226 e. The summed E-state index contributed by atoms with van der Waals surface area (Å²) in [5.74, 6) is 0.925. The standard InChI is InChI=1S/C14H20Cl2N4O/c1-10(8-17-2)14(21)20-5-3-19(4-6-20)13-12(16)7-11(15)9-18-13/h7,9-10,17H,3-6,8H2,1-2H3/t10-/m0/s1. The lowest BCUT2D eigenvalue weighted by Crippen LogP contribution is -2.51. The van der Waals surface area contributed by atoms with Crippen LogP contribution in [0.1, 0.15) is 6.92 Å². The lowest BCUT2D eigenvalue weighted by Gasteiger charge is -2.36. The molecule has 0 radical (unpaired) electrons. The largest absolute Gasteiger partial charge is 0.352 e. The fraction of sp³-hybridized carbons (Fsp3) is 0.571. The van der Waals surface area contributed by atoms with Crippen LogP contribution in [-0.2, 0) is 4.79 Å². The summed E-state index contributed by atoms with van der Waals surface area (Å²) >= 11 is 12.0. The number of pyridine rings is 1. The molecule has 2 rings (SSSR count). The van der Waals surface area contributed by atoms with Crippen molar-refractivity contribution in [2.75, 3.05) is 44.7 Å². The number of aromatic nitrogens is 1. The monoisotopic (exact) mass is 330 g/mol. The van der Waals surface area contributed by atoms with Crippen LogP contribution < -0.4 is 10.2 Å². The molecule has 1 amide bonds. The van der Waals surface area contributed by atoms with Crippen molar-refractivity contribution in [3.63, 3.8) is 0 Å². The SMILES string of the molecule is CNC[C@H](C)C(=O)N1CCN(c2ncc(Cl)cc2Cl)CC1. The molecule has 0 saturated carbocycles. The summed E-state index contributed by atoms with van der Waals surface area (Å²) in [6.45, 7) is 5.48. The predicted molar refractivity (Wildman–Crippen MR) is 86.1 cm³/mol. The van der Waals surface area contributed by atoms with Crippen LogP contribution in [0.3, 0.4) is 0 Å². The average molecular weight is 331 g/mol. The van der Waals surface area contributed by atoms with Gasteiger partial charge in [0, 0.05) is 44.8 Å². The summed E-state index contributed by atoms with van der Waals surface area (Å²) in [5.41, 5.74) is 0. The number of nitrogens with one attached hydrogen (secondary N) is 1. The fourth-order valence-corrected chi connectivity index (χ4v) is 2.98. The number of nitrogens with zero attached hydrogens (tertiary/aromatic N) is 3. The molecule has 1 atom stereocenters. The number of piperazine rings is 1. The third-order valence-corrected chi connectivity index (χ3v) is 4.10. The first-order chi connectivity index (χ1) is 10.0. The van der Waals surface area contributed by atoms with E-state index < -0.39 is 0 Å². The zero-order chi connectivity index (χ0) is 15.4. The summed E-state index contributed by atoms with van der Waals surface area (Å²) in [6, 6.07) is 1.69. The van der Waals surface area contributed by atoms with Gasteiger partial charge in [-0.3, -0.25) is 4.79 Å². The minimum atomic E-state index is -0.00112. The van der Waals surface area contributed by atoms with Gasteiger partial charge in [-0.2, -0.15) is 0 Å². The second-order valence-corrected chi connectivity index (χ2v) is 6.07. The number of carbonyl (C=O) groups is 1. The van der Waals surface area contributed by atoms with Crippen LogP contribution >= 0.6 is 23.2 Å². The van der Waals surface area contributed by atoms with Crippen LogP contribution in [-0.4, -0.2) is 55.6 Å². The van der Waals surface area contributed by atoms with Crippen molar-refractivity contribution in [2.24, 2.45) is 5.92 Å². The number of rotatable bonds is 4. The quantitative estimate of drug-likeness (QED) is 0.915. The summed E-state index contributed by atoms with van der Waals surface area (Å²) in [7, 11) is 1.86. The molecule has 7 heteroatoms. The molecule has 1 saturated heterocycles. The first-order valence-electron chi connectivity index (χ1n) is 7.02. The Bertz CT molecular complexity index is 504. The van der Waals surface area contributed by atoms with Gasteiger partial charge in [-0.05, 0) is 13.1 Å². The van der Waals surface area contributed by atoms with E-state index in [1.165, 1.54) is 0 Å². The predicted octanol–water partition coefficient (Wildman–Crippen LogP) is 1.89. The second kappa shape index (κ2) is 7.29. The number of amides is 1. The molecule has 1 aliphatic rings. The van der Waals surface area contributed by atoms with E-state index in [4.69, 9.17) is 23.2 Å². The molecule has 0 aliphatic carbocycles. The summed E-state index contributed by atoms with van der Waals surface area (Å²) in [4.78, 5) is 20.5. The molecule has 0 bridgehead atoms. The number of hydrogen-bond acceptors (Lipinski definition) is 4.